The minimum Gasteiger partial charge on any atom is -0.481 e. The summed E-state index contributed by atoms with van der Waals surface area (Å²) in [5.74, 6) is -0.830. The van der Waals surface area contributed by atoms with Gasteiger partial charge in [0, 0.05) is 18.0 Å². The molecule has 1 heterocycles. The fraction of sp³-hybridized carbons (Fsp3) is 0.0769. The number of hydrogen-bond acceptors (Lipinski definition) is 2. The van der Waals surface area contributed by atoms with Gasteiger partial charge in [0.15, 0.2) is 0 Å². The van der Waals surface area contributed by atoms with Crippen LogP contribution in [0.3, 0.4) is 0 Å². The first-order chi connectivity index (χ1) is 7.77. The Morgan fingerprint density at radius 3 is 2.62 bits per heavy atom. The molecule has 2 rings (SSSR count). The van der Waals surface area contributed by atoms with Crippen LogP contribution in [0.1, 0.15) is 5.56 Å². The summed E-state index contributed by atoms with van der Waals surface area (Å²) < 4.78 is 0. The minimum absolute atomic E-state index is 0.0206. The molecular formula is C13H11NO2. The van der Waals surface area contributed by atoms with Gasteiger partial charge in [-0.1, -0.05) is 30.3 Å². The molecule has 0 aliphatic carbocycles. The summed E-state index contributed by atoms with van der Waals surface area (Å²) in [4.78, 5) is 14.8. The van der Waals surface area contributed by atoms with Gasteiger partial charge in [0.25, 0.3) is 0 Å². The van der Waals surface area contributed by atoms with Crippen molar-refractivity contribution >= 4 is 5.97 Å². The summed E-state index contributed by atoms with van der Waals surface area (Å²) in [6.07, 6.45) is 3.34. The molecule has 0 radical (unpaired) electrons. The Bertz CT molecular complexity index is 494. The molecule has 16 heavy (non-hydrogen) atoms. The molecule has 0 saturated heterocycles. The second kappa shape index (κ2) is 4.57. The SMILES string of the molecule is O=C(O)Cc1ccncc1-c1ccccc1. The highest BCUT2D eigenvalue weighted by atomic mass is 16.4. The van der Waals surface area contributed by atoms with Crippen LogP contribution in [-0.4, -0.2) is 16.1 Å². The first kappa shape index (κ1) is 10.4. The standard InChI is InChI=1S/C13H11NO2/c15-13(16)8-11-6-7-14-9-12(11)10-4-2-1-3-5-10/h1-7,9H,8H2,(H,15,16). The number of carboxylic acids is 1. The summed E-state index contributed by atoms with van der Waals surface area (Å²) in [6.45, 7) is 0. The van der Waals surface area contributed by atoms with E-state index in [2.05, 4.69) is 4.98 Å². The van der Waals surface area contributed by atoms with Crippen LogP contribution in [0, 0.1) is 0 Å². The summed E-state index contributed by atoms with van der Waals surface area (Å²) >= 11 is 0. The molecule has 1 aromatic carbocycles. The van der Waals surface area contributed by atoms with Crippen molar-refractivity contribution in [2.75, 3.05) is 0 Å². The van der Waals surface area contributed by atoms with E-state index >= 15 is 0 Å². The number of hydrogen-bond donors (Lipinski definition) is 1. The van der Waals surface area contributed by atoms with E-state index in [0.717, 1.165) is 16.7 Å². The van der Waals surface area contributed by atoms with Crippen molar-refractivity contribution in [2.45, 2.75) is 6.42 Å². The number of pyridine rings is 1. The number of benzene rings is 1. The van der Waals surface area contributed by atoms with Gasteiger partial charge < -0.3 is 5.11 Å². The average Bonchev–Trinajstić information content (AvgIpc) is 2.30. The van der Waals surface area contributed by atoms with Gasteiger partial charge >= 0.3 is 5.97 Å². The van der Waals surface area contributed by atoms with Crippen molar-refractivity contribution in [2.24, 2.45) is 0 Å². The summed E-state index contributed by atoms with van der Waals surface area (Å²) in [5.41, 5.74) is 2.66. The zero-order valence-electron chi connectivity index (χ0n) is 8.63. The maximum Gasteiger partial charge on any atom is 0.307 e. The van der Waals surface area contributed by atoms with Gasteiger partial charge in [0.1, 0.15) is 0 Å². The average molecular weight is 213 g/mol. The molecule has 0 amide bonds. The lowest BCUT2D eigenvalue weighted by Crippen LogP contribution is -2.02. The first-order valence-corrected chi connectivity index (χ1v) is 4.97. The van der Waals surface area contributed by atoms with Crippen LogP contribution in [0.2, 0.25) is 0 Å². The van der Waals surface area contributed by atoms with Gasteiger partial charge in [0.2, 0.25) is 0 Å². The topological polar surface area (TPSA) is 50.2 Å². The van der Waals surface area contributed by atoms with Crippen molar-refractivity contribution in [1.29, 1.82) is 0 Å². The van der Waals surface area contributed by atoms with Gasteiger partial charge in [-0.2, -0.15) is 0 Å². The largest absolute Gasteiger partial charge is 0.481 e. The Morgan fingerprint density at radius 1 is 1.19 bits per heavy atom. The highest BCUT2D eigenvalue weighted by molar-refractivity contribution is 5.76. The van der Waals surface area contributed by atoms with E-state index in [0.29, 0.717) is 0 Å². The lowest BCUT2D eigenvalue weighted by molar-refractivity contribution is -0.136. The fourth-order valence-electron chi connectivity index (χ4n) is 1.62. The van der Waals surface area contributed by atoms with Crippen LogP contribution in [0.4, 0.5) is 0 Å². The lowest BCUT2D eigenvalue weighted by Gasteiger charge is -2.06. The second-order valence-corrected chi connectivity index (χ2v) is 3.47. The molecule has 0 saturated carbocycles. The fourth-order valence-corrected chi connectivity index (χ4v) is 1.62. The molecule has 0 atom stereocenters. The zero-order valence-corrected chi connectivity index (χ0v) is 8.63. The molecule has 0 unspecified atom stereocenters. The van der Waals surface area contributed by atoms with Gasteiger partial charge in [-0.15, -0.1) is 0 Å². The van der Waals surface area contributed by atoms with E-state index in [4.69, 9.17) is 5.11 Å². The molecule has 3 nitrogen and oxygen atoms in total. The Balaban J connectivity index is 2.44. The maximum atomic E-state index is 10.7. The van der Waals surface area contributed by atoms with E-state index in [9.17, 15) is 4.79 Å². The molecule has 0 spiro atoms. The molecule has 0 fully saturated rings. The Hall–Kier alpha value is -2.16. The van der Waals surface area contributed by atoms with Gasteiger partial charge in [-0.25, -0.2) is 0 Å². The number of nitrogens with zero attached hydrogens (tertiary/aromatic N) is 1. The van der Waals surface area contributed by atoms with Crippen LogP contribution in [0.5, 0.6) is 0 Å². The van der Waals surface area contributed by atoms with Crippen molar-refractivity contribution in [1.82, 2.24) is 4.98 Å². The second-order valence-electron chi connectivity index (χ2n) is 3.47. The van der Waals surface area contributed by atoms with E-state index in [1.54, 1.807) is 18.5 Å². The van der Waals surface area contributed by atoms with Crippen molar-refractivity contribution < 1.29 is 9.90 Å². The Morgan fingerprint density at radius 2 is 1.94 bits per heavy atom. The van der Waals surface area contributed by atoms with Crippen molar-refractivity contribution in [3.05, 3.63) is 54.4 Å². The number of aromatic nitrogens is 1. The molecule has 0 aliphatic heterocycles. The predicted octanol–water partition coefficient (Wildman–Crippen LogP) is 2.38. The van der Waals surface area contributed by atoms with E-state index in [1.165, 1.54) is 0 Å². The summed E-state index contributed by atoms with van der Waals surface area (Å²) in [5, 5.41) is 8.82. The van der Waals surface area contributed by atoms with Crippen LogP contribution in [0.15, 0.2) is 48.8 Å². The van der Waals surface area contributed by atoms with Crippen LogP contribution in [0.25, 0.3) is 11.1 Å². The van der Waals surface area contributed by atoms with Crippen molar-refractivity contribution in [3.8, 4) is 11.1 Å². The number of carboxylic acid groups (broad SMARTS) is 1. The molecule has 2 aromatic rings. The zero-order chi connectivity index (χ0) is 11.4. The monoisotopic (exact) mass is 213 g/mol. The van der Waals surface area contributed by atoms with Crippen LogP contribution >= 0.6 is 0 Å². The Labute approximate surface area is 93.4 Å². The first-order valence-electron chi connectivity index (χ1n) is 4.97. The van der Waals surface area contributed by atoms with Crippen LogP contribution in [-0.2, 0) is 11.2 Å². The minimum atomic E-state index is -0.830. The van der Waals surface area contributed by atoms with Gasteiger partial charge in [0.05, 0.1) is 6.42 Å². The molecule has 0 bridgehead atoms. The summed E-state index contributed by atoms with van der Waals surface area (Å²) in [7, 11) is 0. The van der Waals surface area contributed by atoms with E-state index in [1.807, 2.05) is 30.3 Å². The number of carbonyl (C=O) groups is 1. The number of aliphatic carboxylic acids is 1. The highest BCUT2D eigenvalue weighted by Gasteiger charge is 2.07. The normalized spacial score (nSPS) is 10.0. The maximum absolute atomic E-state index is 10.7. The molecule has 3 heteroatoms. The molecule has 1 N–H and O–H groups in total. The van der Waals surface area contributed by atoms with Gasteiger partial charge in [-0.3, -0.25) is 9.78 Å². The molecule has 80 valence electrons. The Kier molecular flexibility index (Phi) is 2.96. The quantitative estimate of drug-likeness (QED) is 0.851. The van der Waals surface area contributed by atoms with Gasteiger partial charge in [-0.05, 0) is 17.2 Å². The third-order valence-corrected chi connectivity index (χ3v) is 2.34. The molecule has 0 aliphatic rings. The third-order valence-electron chi connectivity index (χ3n) is 2.34. The lowest BCUT2D eigenvalue weighted by atomic mass is 10.0. The number of rotatable bonds is 3. The third kappa shape index (κ3) is 2.25. The predicted molar refractivity (Wildman–Crippen MR) is 61.0 cm³/mol. The highest BCUT2D eigenvalue weighted by Crippen LogP contribution is 2.22. The van der Waals surface area contributed by atoms with Crippen molar-refractivity contribution in [3.63, 3.8) is 0 Å². The smallest absolute Gasteiger partial charge is 0.307 e. The van der Waals surface area contributed by atoms with E-state index < -0.39 is 5.97 Å². The molecule has 1 aromatic heterocycles. The van der Waals surface area contributed by atoms with Crippen LogP contribution < -0.4 is 0 Å². The molecular weight excluding hydrogens is 202 g/mol. The summed E-state index contributed by atoms with van der Waals surface area (Å²) in [6, 6.07) is 11.4. The van der Waals surface area contributed by atoms with E-state index in [-0.39, 0.29) is 6.42 Å².